The monoisotopic (exact) mass is 425 g/mol. The summed E-state index contributed by atoms with van der Waals surface area (Å²) in [7, 11) is 1.93. The minimum atomic E-state index is 0.0413. The fourth-order valence-electron chi connectivity index (χ4n) is 2.83. The first-order valence-corrected chi connectivity index (χ1v) is 10.1. The van der Waals surface area contributed by atoms with Crippen molar-refractivity contribution >= 4 is 33.2 Å². The highest BCUT2D eigenvalue weighted by Gasteiger charge is 2.25. The lowest BCUT2D eigenvalue weighted by molar-refractivity contribution is -0.00803. The van der Waals surface area contributed by atoms with Gasteiger partial charge in [0.25, 0.3) is 0 Å². The van der Waals surface area contributed by atoms with Gasteiger partial charge >= 0.3 is 0 Å². The van der Waals surface area contributed by atoms with Crippen LogP contribution in [-0.4, -0.2) is 53.4 Å². The number of hydrogen-bond donors (Lipinski definition) is 1. The van der Waals surface area contributed by atoms with Crippen molar-refractivity contribution in [3.63, 3.8) is 0 Å². The lowest BCUT2D eigenvalue weighted by Crippen LogP contribution is -2.48. The lowest BCUT2D eigenvalue weighted by Gasteiger charge is -2.34. The zero-order valence-corrected chi connectivity index (χ0v) is 17.0. The number of nitrogens with zero attached hydrogens (tertiary/aromatic N) is 4. The number of ether oxygens (including phenoxy) is 1. The smallest absolute Gasteiger partial charge is 0.194 e. The number of rotatable bonds is 5. The molecule has 1 N–H and O–H groups in total. The fourth-order valence-corrected chi connectivity index (χ4v) is 4.31. The van der Waals surface area contributed by atoms with Crippen molar-refractivity contribution in [3.05, 3.63) is 38.8 Å². The second-order valence-corrected chi connectivity index (χ2v) is 8.49. The van der Waals surface area contributed by atoms with E-state index in [1.165, 1.54) is 8.66 Å². The Labute approximate surface area is 161 Å². The normalized spacial score (nSPS) is 18.6. The summed E-state index contributed by atoms with van der Waals surface area (Å²) < 4.78 is 8.92. The van der Waals surface area contributed by atoms with Gasteiger partial charge in [0.05, 0.1) is 23.1 Å². The Morgan fingerprint density at radius 3 is 3.08 bits per heavy atom. The molecule has 3 heterocycles. The van der Waals surface area contributed by atoms with Gasteiger partial charge in [-0.2, -0.15) is 5.10 Å². The molecule has 2 aromatic rings. The van der Waals surface area contributed by atoms with Crippen LogP contribution in [0.1, 0.15) is 23.5 Å². The highest BCUT2D eigenvalue weighted by Crippen LogP contribution is 2.23. The zero-order valence-electron chi connectivity index (χ0n) is 14.6. The van der Waals surface area contributed by atoms with E-state index in [-0.39, 0.29) is 6.10 Å². The molecule has 1 atom stereocenters. The third-order valence-corrected chi connectivity index (χ3v) is 5.73. The minimum Gasteiger partial charge on any atom is -0.370 e. The maximum atomic E-state index is 5.93. The number of aliphatic imine (C=N–C) groups is 1. The summed E-state index contributed by atoms with van der Waals surface area (Å²) in [5, 5.41) is 7.67. The predicted molar refractivity (Wildman–Crippen MR) is 105 cm³/mol. The van der Waals surface area contributed by atoms with Crippen molar-refractivity contribution in [2.24, 2.45) is 12.0 Å². The Bertz CT molecular complexity index is 713. The molecule has 1 unspecified atom stereocenters. The van der Waals surface area contributed by atoms with E-state index in [2.05, 4.69) is 50.3 Å². The molecule has 1 fully saturated rings. The number of guanidine groups is 1. The van der Waals surface area contributed by atoms with Crippen LogP contribution in [0.2, 0.25) is 0 Å². The Morgan fingerprint density at radius 2 is 2.40 bits per heavy atom. The van der Waals surface area contributed by atoms with Gasteiger partial charge < -0.3 is 15.0 Å². The summed E-state index contributed by atoms with van der Waals surface area (Å²) in [5.74, 6) is 0.968. The van der Waals surface area contributed by atoms with Crippen molar-refractivity contribution in [1.29, 1.82) is 0 Å². The highest BCUT2D eigenvalue weighted by atomic mass is 79.9. The molecule has 3 rings (SSSR count). The maximum absolute atomic E-state index is 5.93. The second-order valence-electron chi connectivity index (χ2n) is 5.94. The van der Waals surface area contributed by atoms with Crippen LogP contribution in [0, 0.1) is 0 Å². The van der Waals surface area contributed by atoms with E-state index in [0.29, 0.717) is 6.61 Å². The van der Waals surface area contributed by atoms with Crippen LogP contribution in [0.4, 0.5) is 0 Å². The van der Waals surface area contributed by atoms with Gasteiger partial charge in [-0.1, -0.05) is 0 Å². The number of halogens is 1. The van der Waals surface area contributed by atoms with Crippen LogP contribution >= 0.6 is 27.3 Å². The molecular weight excluding hydrogens is 402 g/mol. The van der Waals surface area contributed by atoms with Gasteiger partial charge in [-0.05, 0) is 35.0 Å². The molecule has 6 nitrogen and oxygen atoms in total. The van der Waals surface area contributed by atoms with Gasteiger partial charge in [0, 0.05) is 49.7 Å². The molecule has 1 saturated heterocycles. The van der Waals surface area contributed by atoms with Crippen LogP contribution in [0.5, 0.6) is 0 Å². The molecule has 0 amide bonds. The summed E-state index contributed by atoms with van der Waals surface area (Å²) in [6.07, 6.45) is 4.90. The Kier molecular flexibility index (Phi) is 6.50. The van der Waals surface area contributed by atoms with Gasteiger partial charge in [0.1, 0.15) is 6.10 Å². The van der Waals surface area contributed by atoms with Crippen LogP contribution in [-0.2, 0) is 18.2 Å². The number of nitrogens with one attached hydrogen (secondary N) is 1. The standard InChI is InChI=1S/C17H24BrN5OS/c1-3-19-17(20-7-6-14-4-5-16(18)25-14)23-8-9-24-15(12-23)13-10-21-22(2)11-13/h4-5,10-11,15H,3,6-9,12H2,1-2H3,(H,19,20). The molecule has 0 aromatic carbocycles. The summed E-state index contributed by atoms with van der Waals surface area (Å²) in [6.45, 7) is 6.09. The van der Waals surface area contributed by atoms with Crippen molar-refractivity contribution in [2.75, 3.05) is 32.8 Å². The average Bonchev–Trinajstić information content (AvgIpc) is 3.23. The minimum absolute atomic E-state index is 0.0413. The number of aromatic nitrogens is 2. The molecule has 0 saturated carbocycles. The zero-order chi connectivity index (χ0) is 17.6. The molecule has 2 aromatic heterocycles. The van der Waals surface area contributed by atoms with Crippen LogP contribution in [0.15, 0.2) is 33.3 Å². The Balaban J connectivity index is 1.63. The summed E-state index contributed by atoms with van der Waals surface area (Å²) in [5.41, 5.74) is 1.12. The number of hydrogen-bond acceptors (Lipinski definition) is 4. The van der Waals surface area contributed by atoms with Gasteiger partial charge in [-0.3, -0.25) is 9.67 Å². The SMILES string of the molecule is CCNC(=NCCc1ccc(Br)s1)N1CCOC(c2cnn(C)c2)C1. The summed E-state index contributed by atoms with van der Waals surface area (Å²) >= 11 is 5.28. The van der Waals surface area contributed by atoms with Crippen LogP contribution < -0.4 is 5.32 Å². The van der Waals surface area contributed by atoms with Crippen LogP contribution in [0.3, 0.4) is 0 Å². The molecule has 25 heavy (non-hydrogen) atoms. The molecule has 0 aliphatic carbocycles. The van der Waals surface area contributed by atoms with Crippen molar-refractivity contribution < 1.29 is 4.74 Å². The van der Waals surface area contributed by atoms with Gasteiger partial charge in [-0.15, -0.1) is 11.3 Å². The fraction of sp³-hybridized carbons (Fsp3) is 0.529. The number of thiophene rings is 1. The van der Waals surface area contributed by atoms with E-state index >= 15 is 0 Å². The lowest BCUT2D eigenvalue weighted by atomic mass is 10.1. The van der Waals surface area contributed by atoms with Gasteiger partial charge in [-0.25, -0.2) is 0 Å². The van der Waals surface area contributed by atoms with Gasteiger partial charge in [0.2, 0.25) is 0 Å². The van der Waals surface area contributed by atoms with Gasteiger partial charge in [0.15, 0.2) is 5.96 Å². The van der Waals surface area contributed by atoms with E-state index in [9.17, 15) is 0 Å². The molecule has 1 aliphatic rings. The first-order valence-electron chi connectivity index (χ1n) is 8.53. The molecular formula is C17H24BrN5OS. The third kappa shape index (κ3) is 5.05. The number of morpholine rings is 1. The second kappa shape index (κ2) is 8.82. The maximum Gasteiger partial charge on any atom is 0.194 e. The summed E-state index contributed by atoms with van der Waals surface area (Å²) in [4.78, 5) is 8.46. The van der Waals surface area contributed by atoms with E-state index in [1.54, 1.807) is 11.3 Å². The third-order valence-electron chi connectivity index (χ3n) is 4.05. The molecule has 0 radical (unpaired) electrons. The van der Waals surface area contributed by atoms with E-state index in [0.717, 1.165) is 44.1 Å². The first-order chi connectivity index (χ1) is 12.2. The largest absolute Gasteiger partial charge is 0.370 e. The van der Waals surface area contributed by atoms with E-state index in [1.807, 2.05) is 24.1 Å². The summed E-state index contributed by atoms with van der Waals surface area (Å²) in [6, 6.07) is 4.25. The highest BCUT2D eigenvalue weighted by molar-refractivity contribution is 9.11. The van der Waals surface area contributed by atoms with Crippen LogP contribution in [0.25, 0.3) is 0 Å². The predicted octanol–water partition coefficient (Wildman–Crippen LogP) is 2.83. The quantitative estimate of drug-likeness (QED) is 0.590. The van der Waals surface area contributed by atoms with Crippen molar-refractivity contribution in [1.82, 2.24) is 20.0 Å². The molecule has 136 valence electrons. The molecule has 0 spiro atoms. The first kappa shape index (κ1) is 18.4. The molecule has 1 aliphatic heterocycles. The molecule has 0 bridgehead atoms. The van der Waals surface area contributed by atoms with Crippen molar-refractivity contribution in [3.8, 4) is 0 Å². The Hall–Kier alpha value is -1.38. The number of aryl methyl sites for hydroxylation is 1. The van der Waals surface area contributed by atoms with E-state index in [4.69, 9.17) is 9.73 Å². The topological polar surface area (TPSA) is 54.7 Å². The van der Waals surface area contributed by atoms with Crippen molar-refractivity contribution in [2.45, 2.75) is 19.4 Å². The van der Waals surface area contributed by atoms with E-state index < -0.39 is 0 Å². The molecule has 8 heteroatoms. The Morgan fingerprint density at radius 1 is 1.52 bits per heavy atom. The average molecular weight is 426 g/mol.